The van der Waals surface area contributed by atoms with E-state index < -0.39 is 5.91 Å². The first-order chi connectivity index (χ1) is 7.59. The maximum atomic E-state index is 10.9. The van der Waals surface area contributed by atoms with Gasteiger partial charge in [0, 0.05) is 11.8 Å². The fourth-order valence-corrected chi connectivity index (χ4v) is 1.35. The van der Waals surface area contributed by atoms with Crippen LogP contribution in [0.1, 0.15) is 16.1 Å². The third-order valence-electron chi connectivity index (χ3n) is 2.05. The molecule has 0 aliphatic carbocycles. The van der Waals surface area contributed by atoms with Gasteiger partial charge in [0.2, 0.25) is 0 Å². The van der Waals surface area contributed by atoms with Gasteiger partial charge < -0.3 is 5.73 Å². The number of halogens is 1. The highest BCUT2D eigenvalue weighted by Gasteiger charge is 2.10. The molecule has 6 nitrogen and oxygen atoms in total. The molecule has 0 bridgehead atoms. The van der Waals surface area contributed by atoms with Crippen LogP contribution < -0.4 is 5.73 Å². The van der Waals surface area contributed by atoms with Crippen LogP contribution in [0.3, 0.4) is 0 Å². The third kappa shape index (κ3) is 1.74. The van der Waals surface area contributed by atoms with Gasteiger partial charge in [0.05, 0.1) is 0 Å². The van der Waals surface area contributed by atoms with Crippen LogP contribution in [0.25, 0.3) is 5.82 Å². The molecule has 2 heterocycles. The van der Waals surface area contributed by atoms with Crippen molar-refractivity contribution in [3.63, 3.8) is 0 Å². The van der Waals surface area contributed by atoms with E-state index in [4.69, 9.17) is 17.3 Å². The number of aromatic nitrogens is 4. The van der Waals surface area contributed by atoms with Crippen LogP contribution in [0.5, 0.6) is 0 Å². The topological polar surface area (TPSA) is 86.7 Å². The van der Waals surface area contributed by atoms with Gasteiger partial charge in [-0.3, -0.25) is 4.79 Å². The number of carbonyl (C=O) groups is 1. The summed E-state index contributed by atoms with van der Waals surface area (Å²) in [6, 6.07) is 1.51. The Bertz CT molecular complexity index is 551. The number of primary amides is 1. The van der Waals surface area contributed by atoms with Gasteiger partial charge in [0.1, 0.15) is 17.2 Å². The molecule has 0 aliphatic heterocycles. The summed E-state index contributed by atoms with van der Waals surface area (Å²) in [6.45, 7) is 1.77. The van der Waals surface area contributed by atoms with Crippen molar-refractivity contribution in [2.45, 2.75) is 6.92 Å². The smallest absolute Gasteiger partial charge is 0.269 e. The molecule has 0 unspecified atom stereocenters. The molecule has 0 atom stereocenters. The lowest BCUT2D eigenvalue weighted by Gasteiger charge is -2.04. The number of hydrogen-bond donors (Lipinski definition) is 1. The van der Waals surface area contributed by atoms with Gasteiger partial charge in [0.25, 0.3) is 5.91 Å². The molecule has 2 N–H and O–H groups in total. The number of carbonyl (C=O) groups excluding carboxylic acids is 1. The SMILES string of the molecule is Cc1c(Cl)ncnc1-n1ccc(C(N)=O)n1. The Kier molecular flexibility index (Phi) is 2.57. The lowest BCUT2D eigenvalue weighted by Crippen LogP contribution is -2.12. The zero-order valence-corrected chi connectivity index (χ0v) is 9.14. The van der Waals surface area contributed by atoms with E-state index in [9.17, 15) is 4.79 Å². The van der Waals surface area contributed by atoms with Crippen LogP contribution >= 0.6 is 11.6 Å². The largest absolute Gasteiger partial charge is 0.364 e. The summed E-state index contributed by atoms with van der Waals surface area (Å²) >= 11 is 5.85. The Labute approximate surface area is 96.1 Å². The second kappa shape index (κ2) is 3.90. The summed E-state index contributed by atoms with van der Waals surface area (Å²) in [5, 5.41) is 4.32. The number of amides is 1. The van der Waals surface area contributed by atoms with Gasteiger partial charge in [-0.2, -0.15) is 5.10 Å². The summed E-state index contributed by atoms with van der Waals surface area (Å²) < 4.78 is 1.43. The number of rotatable bonds is 2. The van der Waals surface area contributed by atoms with E-state index in [1.165, 1.54) is 17.1 Å². The molecule has 1 amide bonds. The molecule has 0 fully saturated rings. The summed E-state index contributed by atoms with van der Waals surface area (Å²) in [7, 11) is 0. The molecule has 2 aromatic heterocycles. The molecule has 7 heteroatoms. The summed E-state index contributed by atoms with van der Waals surface area (Å²) in [4.78, 5) is 18.7. The maximum Gasteiger partial charge on any atom is 0.269 e. The number of hydrogen-bond acceptors (Lipinski definition) is 4. The molecule has 0 aliphatic rings. The highest BCUT2D eigenvalue weighted by molar-refractivity contribution is 6.30. The zero-order valence-electron chi connectivity index (χ0n) is 8.38. The standard InChI is InChI=1S/C9H8ClN5O/c1-5-7(10)12-4-13-9(5)15-3-2-6(14-15)8(11)16/h2-4H,1H3,(H2,11,16). The van der Waals surface area contributed by atoms with E-state index >= 15 is 0 Å². The van der Waals surface area contributed by atoms with Crippen LogP contribution in [0.15, 0.2) is 18.6 Å². The molecular formula is C9H8ClN5O. The average Bonchev–Trinajstić information content (AvgIpc) is 2.71. The fourth-order valence-electron chi connectivity index (χ4n) is 1.22. The van der Waals surface area contributed by atoms with Crippen molar-refractivity contribution in [2.75, 3.05) is 0 Å². The number of nitrogens with zero attached hydrogens (tertiary/aromatic N) is 4. The molecule has 0 spiro atoms. The van der Waals surface area contributed by atoms with E-state index in [1.54, 1.807) is 13.1 Å². The summed E-state index contributed by atoms with van der Waals surface area (Å²) in [5.41, 5.74) is 5.96. The van der Waals surface area contributed by atoms with Crippen LogP contribution in [-0.4, -0.2) is 25.7 Å². The van der Waals surface area contributed by atoms with Gasteiger partial charge in [-0.1, -0.05) is 11.6 Å². The van der Waals surface area contributed by atoms with Gasteiger partial charge >= 0.3 is 0 Å². The van der Waals surface area contributed by atoms with E-state index in [1.807, 2.05) is 0 Å². The molecular weight excluding hydrogens is 230 g/mol. The lowest BCUT2D eigenvalue weighted by molar-refractivity contribution is 0.0995. The quantitative estimate of drug-likeness (QED) is 0.780. The van der Waals surface area contributed by atoms with Crippen molar-refractivity contribution < 1.29 is 4.79 Å². The van der Waals surface area contributed by atoms with Crippen LogP contribution in [-0.2, 0) is 0 Å². The first-order valence-corrected chi connectivity index (χ1v) is 4.80. The molecule has 2 rings (SSSR count). The second-order valence-electron chi connectivity index (χ2n) is 3.12. The van der Waals surface area contributed by atoms with Crippen molar-refractivity contribution in [3.8, 4) is 5.82 Å². The molecule has 2 aromatic rings. The predicted octanol–water partition coefficient (Wildman–Crippen LogP) is 0.723. The highest BCUT2D eigenvalue weighted by Crippen LogP contribution is 2.16. The normalized spacial score (nSPS) is 10.4. The van der Waals surface area contributed by atoms with E-state index in [-0.39, 0.29) is 5.69 Å². The van der Waals surface area contributed by atoms with Crippen molar-refractivity contribution in [2.24, 2.45) is 5.73 Å². The Morgan fingerprint density at radius 2 is 2.25 bits per heavy atom. The zero-order chi connectivity index (χ0) is 11.7. The first-order valence-electron chi connectivity index (χ1n) is 4.42. The van der Waals surface area contributed by atoms with E-state index in [0.29, 0.717) is 16.5 Å². The first kappa shape index (κ1) is 10.6. The Balaban J connectivity index is 2.50. The third-order valence-corrected chi connectivity index (χ3v) is 2.44. The minimum atomic E-state index is -0.587. The maximum absolute atomic E-state index is 10.9. The van der Waals surface area contributed by atoms with E-state index in [2.05, 4.69) is 15.1 Å². The second-order valence-corrected chi connectivity index (χ2v) is 3.48. The summed E-state index contributed by atoms with van der Waals surface area (Å²) in [5.74, 6) is -0.0657. The average molecular weight is 238 g/mol. The van der Waals surface area contributed by atoms with Crippen LogP contribution in [0.2, 0.25) is 5.15 Å². The highest BCUT2D eigenvalue weighted by atomic mass is 35.5. The van der Waals surface area contributed by atoms with Gasteiger partial charge in [-0.15, -0.1) is 0 Å². The fraction of sp³-hybridized carbons (Fsp3) is 0.111. The Hall–Kier alpha value is -1.95. The molecule has 0 saturated carbocycles. The molecule has 0 aromatic carbocycles. The molecule has 0 radical (unpaired) electrons. The van der Waals surface area contributed by atoms with Crippen molar-refractivity contribution in [3.05, 3.63) is 35.0 Å². The Morgan fingerprint density at radius 1 is 1.50 bits per heavy atom. The summed E-state index contributed by atoms with van der Waals surface area (Å²) in [6.07, 6.45) is 2.92. The van der Waals surface area contributed by atoms with Crippen molar-refractivity contribution >= 4 is 17.5 Å². The van der Waals surface area contributed by atoms with Gasteiger partial charge in [-0.25, -0.2) is 14.6 Å². The van der Waals surface area contributed by atoms with Gasteiger partial charge in [-0.05, 0) is 13.0 Å². The molecule has 16 heavy (non-hydrogen) atoms. The van der Waals surface area contributed by atoms with Crippen molar-refractivity contribution in [1.82, 2.24) is 19.7 Å². The molecule has 0 saturated heterocycles. The van der Waals surface area contributed by atoms with Crippen molar-refractivity contribution in [1.29, 1.82) is 0 Å². The minimum Gasteiger partial charge on any atom is -0.364 e. The van der Waals surface area contributed by atoms with Gasteiger partial charge in [0.15, 0.2) is 5.82 Å². The lowest BCUT2D eigenvalue weighted by atomic mass is 10.3. The molecule has 82 valence electrons. The van der Waals surface area contributed by atoms with Crippen LogP contribution in [0.4, 0.5) is 0 Å². The number of nitrogens with two attached hydrogens (primary N) is 1. The van der Waals surface area contributed by atoms with E-state index in [0.717, 1.165) is 0 Å². The monoisotopic (exact) mass is 237 g/mol. The minimum absolute atomic E-state index is 0.175. The predicted molar refractivity (Wildman–Crippen MR) is 57.4 cm³/mol. The Morgan fingerprint density at radius 3 is 2.88 bits per heavy atom. The van der Waals surface area contributed by atoms with Crippen LogP contribution in [0, 0.1) is 6.92 Å².